The van der Waals surface area contributed by atoms with Gasteiger partial charge in [0.05, 0.1) is 6.10 Å². The number of rotatable bonds is 17. The molecule has 0 saturated carbocycles. The molecule has 0 aromatic rings. The molecule has 6 heteroatoms. The van der Waals surface area contributed by atoms with Crippen LogP contribution in [-0.4, -0.2) is 19.1 Å². The first-order valence-corrected chi connectivity index (χ1v) is 10.9. The topological polar surface area (TPSA) is 66.4 Å². The summed E-state index contributed by atoms with van der Waals surface area (Å²) in [5.74, 6) is 0. The van der Waals surface area contributed by atoms with Gasteiger partial charge >= 0.3 is 29.6 Å². The fraction of sp³-hybridized carbons (Fsp3) is 1.00. The molecule has 0 aliphatic rings. The summed E-state index contributed by atoms with van der Waals surface area (Å²) in [7, 11) is -4.54. The Morgan fingerprint density at radius 3 is 1.42 bits per heavy atom. The van der Waals surface area contributed by atoms with Crippen LogP contribution in [0.5, 0.6) is 0 Å². The fourth-order valence-electron chi connectivity index (χ4n) is 2.88. The van der Waals surface area contributed by atoms with E-state index in [0.29, 0.717) is 6.42 Å². The molecule has 1 unspecified atom stereocenters. The molecule has 0 aromatic heterocycles. The average molecular weight is 373 g/mol. The molecule has 0 rings (SSSR count). The van der Waals surface area contributed by atoms with Crippen LogP contribution in [0.1, 0.15) is 110 Å². The van der Waals surface area contributed by atoms with Crippen molar-refractivity contribution in [2.75, 3.05) is 0 Å². The Labute approximate surface area is 172 Å². The number of hydrogen-bond donors (Lipinski definition) is 0. The molecule has 0 aliphatic carbocycles. The Morgan fingerprint density at radius 1 is 0.750 bits per heavy atom. The van der Waals surface area contributed by atoms with Gasteiger partial charge in [-0.2, -0.15) is 0 Å². The predicted molar refractivity (Wildman–Crippen MR) is 95.2 cm³/mol. The summed E-state index contributed by atoms with van der Waals surface area (Å²) in [4.78, 5) is 0. The van der Waals surface area contributed by atoms with Crippen LogP contribution in [0.15, 0.2) is 0 Å². The summed E-state index contributed by atoms with van der Waals surface area (Å²) in [5.41, 5.74) is 0. The van der Waals surface area contributed by atoms with Gasteiger partial charge in [0.25, 0.3) is 0 Å². The Hall–Kier alpha value is 0.870. The van der Waals surface area contributed by atoms with Gasteiger partial charge in [0, 0.05) is 0 Å². The fourth-order valence-corrected chi connectivity index (χ4v) is 3.37. The molecule has 0 N–H and O–H groups in total. The Kier molecular flexibility index (Phi) is 21.1. The van der Waals surface area contributed by atoms with Crippen molar-refractivity contribution in [2.45, 2.75) is 116 Å². The van der Waals surface area contributed by atoms with Crippen molar-refractivity contribution in [3.05, 3.63) is 0 Å². The minimum Gasteiger partial charge on any atom is -0.726 e. The molecule has 0 amide bonds. The van der Waals surface area contributed by atoms with E-state index in [-0.39, 0.29) is 29.6 Å². The van der Waals surface area contributed by atoms with E-state index in [4.69, 9.17) is 0 Å². The van der Waals surface area contributed by atoms with Crippen molar-refractivity contribution in [1.29, 1.82) is 0 Å². The Morgan fingerprint density at radius 2 is 1.08 bits per heavy atom. The molecule has 140 valence electrons. The molecule has 0 bridgehead atoms. The quantitative estimate of drug-likeness (QED) is 0.170. The molecule has 0 fully saturated rings. The van der Waals surface area contributed by atoms with Gasteiger partial charge < -0.3 is 4.55 Å². The first kappa shape index (κ1) is 27.1. The molecule has 24 heavy (non-hydrogen) atoms. The minimum absolute atomic E-state index is 0. The second kappa shape index (κ2) is 18.7. The van der Waals surface area contributed by atoms with Crippen molar-refractivity contribution in [1.82, 2.24) is 0 Å². The van der Waals surface area contributed by atoms with Gasteiger partial charge in [-0.3, -0.25) is 4.18 Å². The zero-order valence-corrected chi connectivity index (χ0v) is 19.0. The summed E-state index contributed by atoms with van der Waals surface area (Å²) >= 11 is 0. The zero-order chi connectivity index (χ0) is 17.4. The number of unbranched alkanes of at least 4 members (excludes halogenated alkanes) is 13. The molecule has 4 nitrogen and oxygen atoms in total. The molecule has 0 aliphatic heterocycles. The predicted octanol–water partition coefficient (Wildman–Crippen LogP) is 2.73. The standard InChI is InChI=1S/C18H38O4S.Na/c1-3-4-5-6-7-8-9-10-11-12-13-14-15-16-17-18(2)22-23(19,20)21;/h18H,3-17H2,1-2H3,(H,19,20,21);/q;+1/p-1. The van der Waals surface area contributed by atoms with Gasteiger partial charge in [0.1, 0.15) is 0 Å². The zero-order valence-electron chi connectivity index (χ0n) is 16.2. The van der Waals surface area contributed by atoms with E-state index in [1.165, 1.54) is 77.0 Å². The van der Waals surface area contributed by atoms with Crippen LogP contribution in [0.2, 0.25) is 0 Å². The molecule has 1 atom stereocenters. The van der Waals surface area contributed by atoms with E-state index in [1.54, 1.807) is 6.92 Å². The Balaban J connectivity index is 0. The van der Waals surface area contributed by atoms with Crippen LogP contribution < -0.4 is 29.6 Å². The van der Waals surface area contributed by atoms with Crippen LogP contribution in [0, 0.1) is 0 Å². The van der Waals surface area contributed by atoms with Gasteiger partial charge in [-0.1, -0.05) is 96.8 Å². The largest absolute Gasteiger partial charge is 1.00 e. The van der Waals surface area contributed by atoms with Gasteiger partial charge in [0.15, 0.2) is 0 Å². The molecular formula is C18H37NaO4S. The van der Waals surface area contributed by atoms with E-state index < -0.39 is 16.5 Å². The molecule has 0 spiro atoms. The van der Waals surface area contributed by atoms with Crippen molar-refractivity contribution in [3.63, 3.8) is 0 Å². The second-order valence-corrected chi connectivity index (χ2v) is 7.71. The second-order valence-electron chi connectivity index (χ2n) is 6.70. The first-order valence-electron chi connectivity index (χ1n) is 9.60. The monoisotopic (exact) mass is 372 g/mol. The van der Waals surface area contributed by atoms with Crippen LogP contribution in [-0.2, 0) is 14.6 Å². The third kappa shape index (κ3) is 22.9. The molecule has 0 heterocycles. The average Bonchev–Trinajstić information content (AvgIpc) is 2.46. The first-order chi connectivity index (χ1) is 11.0. The van der Waals surface area contributed by atoms with Crippen molar-refractivity contribution < 1.29 is 46.7 Å². The van der Waals surface area contributed by atoms with E-state index >= 15 is 0 Å². The van der Waals surface area contributed by atoms with E-state index in [9.17, 15) is 13.0 Å². The molecule has 0 saturated heterocycles. The van der Waals surface area contributed by atoms with Crippen molar-refractivity contribution in [3.8, 4) is 0 Å². The summed E-state index contributed by atoms with van der Waals surface area (Å²) < 4.78 is 35.6. The van der Waals surface area contributed by atoms with E-state index in [1.807, 2.05) is 0 Å². The van der Waals surface area contributed by atoms with Crippen LogP contribution in [0.25, 0.3) is 0 Å². The molecular weight excluding hydrogens is 335 g/mol. The number of hydrogen-bond acceptors (Lipinski definition) is 4. The minimum atomic E-state index is -4.54. The van der Waals surface area contributed by atoms with E-state index in [2.05, 4.69) is 11.1 Å². The van der Waals surface area contributed by atoms with Gasteiger partial charge in [-0.15, -0.1) is 0 Å². The van der Waals surface area contributed by atoms with Gasteiger partial charge in [-0.05, 0) is 13.3 Å². The van der Waals surface area contributed by atoms with Gasteiger partial charge in [-0.25, -0.2) is 8.42 Å². The molecule has 0 radical (unpaired) electrons. The maximum atomic E-state index is 10.4. The smallest absolute Gasteiger partial charge is 0.726 e. The summed E-state index contributed by atoms with van der Waals surface area (Å²) in [5, 5.41) is 0. The normalized spacial score (nSPS) is 12.8. The van der Waals surface area contributed by atoms with Crippen LogP contribution >= 0.6 is 0 Å². The molecule has 0 aromatic carbocycles. The summed E-state index contributed by atoms with van der Waals surface area (Å²) in [6.07, 6.45) is 18.3. The maximum absolute atomic E-state index is 10.4. The van der Waals surface area contributed by atoms with Crippen molar-refractivity contribution in [2.24, 2.45) is 0 Å². The van der Waals surface area contributed by atoms with Crippen LogP contribution in [0.3, 0.4) is 0 Å². The van der Waals surface area contributed by atoms with Crippen LogP contribution in [0.4, 0.5) is 0 Å². The van der Waals surface area contributed by atoms with Gasteiger partial charge in [0.2, 0.25) is 10.4 Å². The Bertz CT molecular complexity index is 347. The third-order valence-electron chi connectivity index (χ3n) is 4.25. The maximum Gasteiger partial charge on any atom is 1.00 e. The third-order valence-corrected chi connectivity index (χ3v) is 4.81. The van der Waals surface area contributed by atoms with Crippen molar-refractivity contribution >= 4 is 10.4 Å². The summed E-state index contributed by atoms with van der Waals surface area (Å²) in [6, 6.07) is 0. The summed E-state index contributed by atoms with van der Waals surface area (Å²) in [6.45, 7) is 3.89. The van der Waals surface area contributed by atoms with E-state index in [0.717, 1.165) is 12.8 Å². The SMILES string of the molecule is CCCCCCCCCCCCCCCCC(C)OS(=O)(=O)[O-].[Na+].